The summed E-state index contributed by atoms with van der Waals surface area (Å²) in [5.41, 5.74) is 4.28. The van der Waals surface area contributed by atoms with E-state index in [1.54, 1.807) is 0 Å². The molecule has 0 saturated heterocycles. The average molecular weight is 443 g/mol. The number of carbonyl (C=O) groups is 1. The Bertz CT molecular complexity index is 1100. The van der Waals surface area contributed by atoms with Gasteiger partial charge in [-0.05, 0) is 41.8 Å². The molecule has 1 atom stereocenters. The highest BCUT2D eigenvalue weighted by Gasteiger charge is 2.24. The average Bonchev–Trinajstić information content (AvgIpc) is 2.85. The lowest BCUT2D eigenvalue weighted by atomic mass is 9.90. The zero-order chi connectivity index (χ0) is 22.9. The van der Waals surface area contributed by atoms with Crippen LogP contribution in [0.4, 0.5) is 5.69 Å². The fraction of sp³-hybridized carbons (Fsp3) is 0.259. The number of aliphatic imine (C=N–C) groups is 1. The van der Waals surface area contributed by atoms with E-state index < -0.39 is 0 Å². The Morgan fingerprint density at radius 2 is 1.79 bits per heavy atom. The molecule has 6 nitrogen and oxygen atoms in total. The molecule has 1 heterocycles. The van der Waals surface area contributed by atoms with Gasteiger partial charge in [0, 0.05) is 31.1 Å². The molecule has 0 aromatic heterocycles. The van der Waals surface area contributed by atoms with Gasteiger partial charge < -0.3 is 20.7 Å². The van der Waals surface area contributed by atoms with E-state index in [9.17, 15) is 4.79 Å². The first-order valence-electron chi connectivity index (χ1n) is 11.4. The number of para-hydroxylation sites is 2. The van der Waals surface area contributed by atoms with Crippen molar-refractivity contribution < 1.29 is 9.53 Å². The van der Waals surface area contributed by atoms with E-state index in [0.717, 1.165) is 40.6 Å². The van der Waals surface area contributed by atoms with Crippen LogP contribution in [0.5, 0.6) is 5.75 Å². The van der Waals surface area contributed by atoms with Crippen LogP contribution in [0.25, 0.3) is 0 Å². The van der Waals surface area contributed by atoms with Gasteiger partial charge in [-0.3, -0.25) is 4.79 Å². The third-order valence-corrected chi connectivity index (χ3v) is 5.53. The second-order valence-corrected chi connectivity index (χ2v) is 8.03. The van der Waals surface area contributed by atoms with Gasteiger partial charge in [0.25, 0.3) is 0 Å². The molecule has 1 unspecified atom stereocenters. The first-order valence-corrected chi connectivity index (χ1v) is 11.4. The van der Waals surface area contributed by atoms with Gasteiger partial charge in [0.1, 0.15) is 12.4 Å². The van der Waals surface area contributed by atoms with Crippen LogP contribution >= 0.6 is 0 Å². The van der Waals surface area contributed by atoms with Crippen LogP contribution in [0.2, 0.25) is 0 Å². The molecule has 3 aromatic rings. The lowest BCUT2D eigenvalue weighted by Crippen LogP contribution is -2.40. The summed E-state index contributed by atoms with van der Waals surface area (Å²) in [6.45, 7) is 4.52. The molecule has 0 spiro atoms. The van der Waals surface area contributed by atoms with Crippen molar-refractivity contribution in [3.8, 4) is 5.75 Å². The molecule has 1 amide bonds. The molecule has 1 aliphatic rings. The van der Waals surface area contributed by atoms with Gasteiger partial charge in [0.05, 0.1) is 6.54 Å². The summed E-state index contributed by atoms with van der Waals surface area (Å²) < 4.78 is 5.86. The van der Waals surface area contributed by atoms with Crippen molar-refractivity contribution in [1.82, 2.24) is 10.6 Å². The zero-order valence-corrected chi connectivity index (χ0v) is 18.9. The number of rotatable bonds is 8. The smallest absolute Gasteiger partial charge is 0.225 e. The lowest BCUT2D eigenvalue weighted by Gasteiger charge is -2.26. The Kier molecular flexibility index (Phi) is 7.59. The van der Waals surface area contributed by atoms with Crippen LogP contribution in [0.3, 0.4) is 0 Å². The van der Waals surface area contributed by atoms with Crippen molar-refractivity contribution in [2.45, 2.75) is 32.4 Å². The Morgan fingerprint density at radius 1 is 1.00 bits per heavy atom. The second kappa shape index (κ2) is 11.2. The van der Waals surface area contributed by atoms with Crippen molar-refractivity contribution in [1.29, 1.82) is 0 Å². The summed E-state index contributed by atoms with van der Waals surface area (Å²) in [5, 5.41) is 9.67. The maximum Gasteiger partial charge on any atom is 0.225 e. The SMILES string of the molecule is CCNC(=NCc1cccc(COc2ccccc2)c1)NCC1CC(=O)Nc2ccccc21. The molecule has 6 heteroatoms. The van der Waals surface area contributed by atoms with Crippen molar-refractivity contribution >= 4 is 17.6 Å². The van der Waals surface area contributed by atoms with Gasteiger partial charge >= 0.3 is 0 Å². The van der Waals surface area contributed by atoms with Gasteiger partial charge in [-0.15, -0.1) is 0 Å². The number of guanidine groups is 1. The molecule has 3 N–H and O–H groups in total. The molecular formula is C27H30N4O2. The van der Waals surface area contributed by atoms with Crippen LogP contribution in [-0.4, -0.2) is 25.0 Å². The summed E-state index contributed by atoms with van der Waals surface area (Å²) in [6, 6.07) is 26.1. The number of fused-ring (bicyclic) bond motifs is 1. The van der Waals surface area contributed by atoms with Gasteiger partial charge in [0.15, 0.2) is 5.96 Å². The minimum atomic E-state index is 0.0528. The summed E-state index contributed by atoms with van der Waals surface area (Å²) in [4.78, 5) is 16.9. The number of carbonyl (C=O) groups excluding carboxylic acids is 1. The number of ether oxygens (including phenoxy) is 1. The third-order valence-electron chi connectivity index (χ3n) is 5.53. The summed E-state index contributed by atoms with van der Waals surface area (Å²) >= 11 is 0. The predicted molar refractivity (Wildman–Crippen MR) is 132 cm³/mol. The van der Waals surface area contributed by atoms with E-state index in [0.29, 0.717) is 26.1 Å². The molecule has 33 heavy (non-hydrogen) atoms. The minimum absolute atomic E-state index is 0.0528. The Labute approximate surface area is 195 Å². The molecule has 170 valence electrons. The molecule has 0 saturated carbocycles. The maximum atomic E-state index is 12.1. The number of nitrogens with zero attached hydrogens (tertiary/aromatic N) is 1. The van der Waals surface area contributed by atoms with E-state index in [1.807, 2.05) is 61.5 Å². The number of nitrogens with one attached hydrogen (secondary N) is 3. The number of amides is 1. The molecule has 0 aliphatic carbocycles. The predicted octanol–water partition coefficient (Wildman–Crippen LogP) is 4.45. The molecule has 0 radical (unpaired) electrons. The third kappa shape index (κ3) is 6.35. The van der Waals surface area contributed by atoms with Crippen LogP contribution in [0.15, 0.2) is 83.9 Å². The molecule has 3 aromatic carbocycles. The zero-order valence-electron chi connectivity index (χ0n) is 18.9. The van der Waals surface area contributed by atoms with E-state index in [1.165, 1.54) is 0 Å². The van der Waals surface area contributed by atoms with E-state index >= 15 is 0 Å². The number of hydrogen-bond donors (Lipinski definition) is 3. The van der Waals surface area contributed by atoms with Crippen molar-refractivity contribution in [2.24, 2.45) is 4.99 Å². The Balaban J connectivity index is 1.37. The van der Waals surface area contributed by atoms with Crippen LogP contribution in [-0.2, 0) is 17.9 Å². The van der Waals surface area contributed by atoms with Crippen molar-refractivity contribution in [3.63, 3.8) is 0 Å². The number of hydrogen-bond acceptors (Lipinski definition) is 3. The number of benzene rings is 3. The summed E-state index contributed by atoms with van der Waals surface area (Å²) in [7, 11) is 0. The molecule has 0 bridgehead atoms. The Hall–Kier alpha value is -3.80. The van der Waals surface area contributed by atoms with E-state index in [2.05, 4.69) is 40.2 Å². The van der Waals surface area contributed by atoms with Crippen LogP contribution < -0.4 is 20.7 Å². The fourth-order valence-electron chi connectivity index (χ4n) is 3.92. The van der Waals surface area contributed by atoms with Crippen molar-refractivity contribution in [3.05, 3.63) is 95.6 Å². The quantitative estimate of drug-likeness (QED) is 0.356. The van der Waals surface area contributed by atoms with E-state index in [-0.39, 0.29) is 11.8 Å². The summed E-state index contributed by atoms with van der Waals surface area (Å²) in [5.74, 6) is 1.76. The normalized spacial score (nSPS) is 15.4. The molecule has 0 fully saturated rings. The fourth-order valence-corrected chi connectivity index (χ4v) is 3.92. The standard InChI is InChI=1S/C27H30N4O2/c1-2-28-27(30-18-22-16-26(32)31-25-14-7-6-13-24(22)25)29-17-20-9-8-10-21(15-20)19-33-23-11-4-3-5-12-23/h3-15,22H,2,16-19H2,1H3,(H,31,32)(H2,28,29,30). The maximum absolute atomic E-state index is 12.1. The highest BCUT2D eigenvalue weighted by atomic mass is 16.5. The molecular weight excluding hydrogens is 412 g/mol. The van der Waals surface area contributed by atoms with Gasteiger partial charge in [-0.1, -0.05) is 60.7 Å². The van der Waals surface area contributed by atoms with Crippen LogP contribution in [0, 0.1) is 0 Å². The monoisotopic (exact) mass is 442 g/mol. The topological polar surface area (TPSA) is 74.8 Å². The highest BCUT2D eigenvalue weighted by Crippen LogP contribution is 2.31. The van der Waals surface area contributed by atoms with Crippen molar-refractivity contribution in [2.75, 3.05) is 18.4 Å². The largest absolute Gasteiger partial charge is 0.489 e. The van der Waals surface area contributed by atoms with Gasteiger partial charge in [-0.2, -0.15) is 0 Å². The number of anilines is 1. The minimum Gasteiger partial charge on any atom is -0.489 e. The Morgan fingerprint density at radius 3 is 2.64 bits per heavy atom. The first kappa shape index (κ1) is 22.4. The first-order chi connectivity index (χ1) is 16.2. The van der Waals surface area contributed by atoms with Gasteiger partial charge in [0.2, 0.25) is 5.91 Å². The van der Waals surface area contributed by atoms with Gasteiger partial charge in [-0.25, -0.2) is 4.99 Å². The summed E-state index contributed by atoms with van der Waals surface area (Å²) in [6.07, 6.45) is 0.465. The highest BCUT2D eigenvalue weighted by molar-refractivity contribution is 5.94. The van der Waals surface area contributed by atoms with Crippen LogP contribution in [0.1, 0.15) is 36.0 Å². The molecule has 1 aliphatic heterocycles. The molecule has 4 rings (SSSR count). The van der Waals surface area contributed by atoms with E-state index in [4.69, 9.17) is 9.73 Å². The second-order valence-electron chi connectivity index (χ2n) is 8.03. The lowest BCUT2D eigenvalue weighted by molar-refractivity contribution is -0.116.